The maximum Gasteiger partial charge on any atom is 0.261 e. The molecule has 1 saturated heterocycles. The molecule has 5 heteroatoms. The monoisotopic (exact) mass is 292 g/mol. The van der Waals surface area contributed by atoms with E-state index in [1.165, 1.54) is 12.0 Å². The second kappa shape index (κ2) is 5.66. The highest BCUT2D eigenvalue weighted by atomic mass is 32.1. The Morgan fingerprint density at radius 1 is 1.40 bits per heavy atom. The normalized spacial score (nSPS) is 21.7. The Morgan fingerprint density at radius 3 is 2.90 bits per heavy atom. The first-order valence-electron chi connectivity index (χ1n) is 7.34. The number of aromatic nitrogens is 1. The standard InChI is InChI=1S/C15H20N2O2S/c16-14(20)12-8-10-4-1-2-6-13(10)17(15(12)18)9-11-5-3-7-19-11/h8,11H,1-7,9H2,(H2,16,20). The molecule has 0 saturated carbocycles. The fourth-order valence-corrected chi connectivity index (χ4v) is 3.39. The molecule has 2 heterocycles. The van der Waals surface area contributed by atoms with Crippen LogP contribution in [0.3, 0.4) is 0 Å². The topological polar surface area (TPSA) is 57.2 Å². The number of ether oxygens (including phenoxy) is 1. The first-order valence-corrected chi connectivity index (χ1v) is 7.74. The van der Waals surface area contributed by atoms with Crippen molar-refractivity contribution in [3.05, 3.63) is 33.2 Å². The minimum absolute atomic E-state index is 0.0475. The zero-order chi connectivity index (χ0) is 14.1. The van der Waals surface area contributed by atoms with Crippen molar-refractivity contribution in [1.82, 2.24) is 4.57 Å². The predicted molar refractivity (Wildman–Crippen MR) is 82.2 cm³/mol. The number of thiocarbonyl (C=S) groups is 1. The van der Waals surface area contributed by atoms with Crippen LogP contribution in [0.5, 0.6) is 0 Å². The lowest BCUT2D eigenvalue weighted by Crippen LogP contribution is -2.36. The number of nitrogens with zero attached hydrogens (tertiary/aromatic N) is 1. The molecule has 108 valence electrons. The van der Waals surface area contributed by atoms with E-state index >= 15 is 0 Å². The molecule has 3 rings (SSSR count). The smallest absolute Gasteiger partial charge is 0.261 e. The molecule has 1 aliphatic carbocycles. The van der Waals surface area contributed by atoms with Gasteiger partial charge in [-0.2, -0.15) is 0 Å². The van der Waals surface area contributed by atoms with Gasteiger partial charge in [0.1, 0.15) is 4.99 Å². The average Bonchev–Trinajstić information content (AvgIpc) is 2.94. The molecule has 0 radical (unpaired) electrons. The Morgan fingerprint density at radius 2 is 2.20 bits per heavy atom. The van der Waals surface area contributed by atoms with Gasteiger partial charge in [0, 0.05) is 12.3 Å². The molecule has 1 unspecified atom stereocenters. The zero-order valence-electron chi connectivity index (χ0n) is 11.6. The van der Waals surface area contributed by atoms with Crippen LogP contribution < -0.4 is 11.3 Å². The second-order valence-corrected chi connectivity index (χ2v) is 6.09. The van der Waals surface area contributed by atoms with Crippen molar-refractivity contribution in [1.29, 1.82) is 0 Å². The average molecular weight is 292 g/mol. The summed E-state index contributed by atoms with van der Waals surface area (Å²) in [6.07, 6.45) is 6.55. The van der Waals surface area contributed by atoms with E-state index in [0.29, 0.717) is 12.1 Å². The number of pyridine rings is 1. The molecular weight excluding hydrogens is 272 g/mol. The van der Waals surface area contributed by atoms with Gasteiger partial charge in [-0.25, -0.2) is 0 Å². The molecule has 1 aromatic heterocycles. The Labute approximate surface area is 123 Å². The lowest BCUT2D eigenvalue weighted by atomic mass is 9.94. The lowest BCUT2D eigenvalue weighted by Gasteiger charge is -2.24. The minimum atomic E-state index is -0.0475. The number of hydrogen-bond acceptors (Lipinski definition) is 3. The summed E-state index contributed by atoms with van der Waals surface area (Å²) in [6, 6.07) is 1.91. The molecule has 1 atom stereocenters. The summed E-state index contributed by atoms with van der Waals surface area (Å²) in [7, 11) is 0. The SMILES string of the molecule is NC(=S)c1cc2c(n(CC3CCCO3)c1=O)CCCC2. The second-order valence-electron chi connectivity index (χ2n) is 5.65. The van der Waals surface area contributed by atoms with Crippen LogP contribution in [0, 0.1) is 0 Å². The third-order valence-corrected chi connectivity index (χ3v) is 4.50. The third-order valence-electron chi connectivity index (χ3n) is 4.28. The van der Waals surface area contributed by atoms with Crippen molar-refractivity contribution in [2.45, 2.75) is 51.2 Å². The minimum Gasteiger partial charge on any atom is -0.389 e. The molecule has 0 aromatic carbocycles. The van der Waals surface area contributed by atoms with Crippen molar-refractivity contribution in [3.63, 3.8) is 0 Å². The molecule has 20 heavy (non-hydrogen) atoms. The van der Waals surface area contributed by atoms with Gasteiger partial charge in [-0.3, -0.25) is 4.79 Å². The Bertz CT molecular complexity index is 588. The van der Waals surface area contributed by atoms with Gasteiger partial charge in [-0.05, 0) is 50.2 Å². The van der Waals surface area contributed by atoms with E-state index in [9.17, 15) is 4.79 Å². The van der Waals surface area contributed by atoms with E-state index in [-0.39, 0.29) is 16.7 Å². The van der Waals surface area contributed by atoms with Crippen molar-refractivity contribution < 1.29 is 4.74 Å². The molecule has 0 amide bonds. The van der Waals surface area contributed by atoms with E-state index < -0.39 is 0 Å². The largest absolute Gasteiger partial charge is 0.389 e. The van der Waals surface area contributed by atoms with E-state index in [2.05, 4.69) is 0 Å². The number of nitrogens with two attached hydrogens (primary N) is 1. The summed E-state index contributed by atoms with van der Waals surface area (Å²) in [5.41, 5.74) is 8.55. The predicted octanol–water partition coefficient (Wildman–Crippen LogP) is 1.54. The van der Waals surface area contributed by atoms with Gasteiger partial charge < -0.3 is 15.0 Å². The summed E-state index contributed by atoms with van der Waals surface area (Å²) in [5, 5.41) is 0. The molecule has 1 fully saturated rings. The number of rotatable bonds is 3. The molecule has 1 aliphatic heterocycles. The van der Waals surface area contributed by atoms with Crippen molar-refractivity contribution in [3.8, 4) is 0 Å². The maximum atomic E-state index is 12.6. The lowest BCUT2D eigenvalue weighted by molar-refractivity contribution is 0.0952. The van der Waals surface area contributed by atoms with Gasteiger partial charge in [-0.1, -0.05) is 12.2 Å². The Balaban J connectivity index is 2.06. The summed E-state index contributed by atoms with van der Waals surface area (Å²) in [4.78, 5) is 12.8. The van der Waals surface area contributed by atoms with Crippen LogP contribution in [0.25, 0.3) is 0 Å². The van der Waals surface area contributed by atoms with E-state index in [1.807, 2.05) is 10.6 Å². The highest BCUT2D eigenvalue weighted by Crippen LogP contribution is 2.22. The quantitative estimate of drug-likeness (QED) is 0.859. The Hall–Kier alpha value is -1.20. The van der Waals surface area contributed by atoms with Crippen LogP contribution in [0.4, 0.5) is 0 Å². The van der Waals surface area contributed by atoms with E-state index in [0.717, 1.165) is 44.4 Å². The van der Waals surface area contributed by atoms with Crippen LogP contribution in [0.2, 0.25) is 0 Å². The maximum absolute atomic E-state index is 12.6. The molecular formula is C15H20N2O2S. The van der Waals surface area contributed by atoms with Crippen LogP contribution in [0.1, 0.15) is 42.5 Å². The van der Waals surface area contributed by atoms with Gasteiger partial charge in [0.05, 0.1) is 18.2 Å². The van der Waals surface area contributed by atoms with Gasteiger partial charge >= 0.3 is 0 Å². The molecule has 1 aromatic rings. The molecule has 4 nitrogen and oxygen atoms in total. The number of fused-ring (bicyclic) bond motifs is 1. The van der Waals surface area contributed by atoms with Crippen molar-refractivity contribution in [2.24, 2.45) is 5.73 Å². The van der Waals surface area contributed by atoms with Crippen molar-refractivity contribution in [2.75, 3.05) is 6.61 Å². The number of hydrogen-bond donors (Lipinski definition) is 1. The number of aryl methyl sites for hydroxylation is 1. The molecule has 0 spiro atoms. The fraction of sp³-hybridized carbons (Fsp3) is 0.600. The molecule has 0 bridgehead atoms. The third kappa shape index (κ3) is 2.52. The zero-order valence-corrected chi connectivity index (χ0v) is 12.4. The van der Waals surface area contributed by atoms with Crippen LogP contribution in [-0.2, 0) is 24.1 Å². The molecule has 2 aliphatic rings. The first kappa shape index (κ1) is 13.8. The van der Waals surface area contributed by atoms with Crippen LogP contribution in [0.15, 0.2) is 10.9 Å². The summed E-state index contributed by atoms with van der Waals surface area (Å²) in [6.45, 7) is 1.44. The van der Waals surface area contributed by atoms with Crippen molar-refractivity contribution >= 4 is 17.2 Å². The first-order chi connectivity index (χ1) is 9.66. The summed E-state index contributed by atoms with van der Waals surface area (Å²) in [5.74, 6) is 0. The highest BCUT2D eigenvalue weighted by molar-refractivity contribution is 7.80. The molecule has 2 N–H and O–H groups in total. The summed E-state index contributed by atoms with van der Waals surface area (Å²) >= 11 is 5.03. The van der Waals surface area contributed by atoms with Gasteiger partial charge in [0.15, 0.2) is 0 Å². The van der Waals surface area contributed by atoms with Crippen LogP contribution in [-0.4, -0.2) is 22.3 Å². The fourth-order valence-electron chi connectivity index (χ4n) is 3.24. The van der Waals surface area contributed by atoms with E-state index in [1.54, 1.807) is 0 Å². The Kier molecular flexibility index (Phi) is 3.89. The van der Waals surface area contributed by atoms with Gasteiger partial charge in [-0.15, -0.1) is 0 Å². The van der Waals surface area contributed by atoms with Gasteiger partial charge in [0.2, 0.25) is 0 Å². The van der Waals surface area contributed by atoms with E-state index in [4.69, 9.17) is 22.7 Å². The summed E-state index contributed by atoms with van der Waals surface area (Å²) < 4.78 is 7.55. The van der Waals surface area contributed by atoms with Gasteiger partial charge in [0.25, 0.3) is 5.56 Å². The highest BCUT2D eigenvalue weighted by Gasteiger charge is 2.23. The van der Waals surface area contributed by atoms with Crippen LogP contribution >= 0.6 is 12.2 Å².